The lowest BCUT2D eigenvalue weighted by Crippen LogP contribution is -2.18. The molecule has 0 aliphatic carbocycles. The quantitative estimate of drug-likeness (QED) is 0.878. The minimum Gasteiger partial charge on any atom is -0.352 e. The fraction of sp³-hybridized carbons (Fsp3) is 0.267. The molecule has 116 valence electrons. The number of nitrogens with zero attached hydrogens (tertiary/aromatic N) is 2. The van der Waals surface area contributed by atoms with Crippen LogP contribution in [0.4, 0.5) is 11.6 Å². The Kier molecular flexibility index (Phi) is 5.21. The van der Waals surface area contributed by atoms with Gasteiger partial charge in [-0.25, -0.2) is 9.97 Å². The van der Waals surface area contributed by atoms with Crippen LogP contribution in [0.15, 0.2) is 24.3 Å². The molecule has 2 aromatic rings. The number of hydrogen-bond donors (Lipinski definition) is 2. The van der Waals surface area contributed by atoms with Gasteiger partial charge in [0.25, 0.3) is 5.91 Å². The van der Waals surface area contributed by atoms with E-state index in [2.05, 4.69) is 20.6 Å². The van der Waals surface area contributed by atoms with Crippen molar-refractivity contribution >= 4 is 40.7 Å². The van der Waals surface area contributed by atoms with Crippen LogP contribution in [0.25, 0.3) is 0 Å². The van der Waals surface area contributed by atoms with E-state index in [1.807, 2.05) is 20.8 Å². The fourth-order valence-electron chi connectivity index (χ4n) is 1.78. The van der Waals surface area contributed by atoms with Crippen LogP contribution in [0, 0.1) is 6.92 Å². The van der Waals surface area contributed by atoms with E-state index >= 15 is 0 Å². The number of hydrogen-bond acceptors (Lipinski definition) is 4. The summed E-state index contributed by atoms with van der Waals surface area (Å²) in [5.74, 6) is 0.0879. The first kappa shape index (κ1) is 16.5. The van der Waals surface area contributed by atoms with Gasteiger partial charge >= 0.3 is 0 Å². The van der Waals surface area contributed by atoms with Crippen molar-refractivity contribution in [2.24, 2.45) is 0 Å². The van der Waals surface area contributed by atoms with Crippen LogP contribution < -0.4 is 10.6 Å². The highest BCUT2D eigenvalue weighted by atomic mass is 35.5. The summed E-state index contributed by atoms with van der Waals surface area (Å²) in [6.45, 7) is 5.76. The highest BCUT2D eigenvalue weighted by Gasteiger charge is 2.12. The molecule has 0 atom stereocenters. The first-order valence-corrected chi connectivity index (χ1v) is 7.49. The molecule has 0 aliphatic rings. The maximum atomic E-state index is 12.3. The maximum Gasteiger partial charge on any atom is 0.274 e. The summed E-state index contributed by atoms with van der Waals surface area (Å²) in [5.41, 5.74) is 1.54. The van der Waals surface area contributed by atoms with Crippen LogP contribution in [0.2, 0.25) is 10.0 Å². The molecule has 1 heterocycles. The largest absolute Gasteiger partial charge is 0.352 e. The molecule has 1 aromatic carbocycles. The van der Waals surface area contributed by atoms with Crippen molar-refractivity contribution in [3.05, 3.63) is 45.7 Å². The lowest BCUT2D eigenvalue weighted by atomic mass is 10.3. The molecule has 7 heteroatoms. The van der Waals surface area contributed by atoms with Gasteiger partial charge in [-0.2, -0.15) is 0 Å². The first-order chi connectivity index (χ1) is 10.3. The number of carbonyl (C=O) groups excluding carboxylic acids is 1. The average Bonchev–Trinajstić information content (AvgIpc) is 2.41. The van der Waals surface area contributed by atoms with E-state index < -0.39 is 0 Å². The first-order valence-electron chi connectivity index (χ1n) is 6.74. The molecule has 0 aliphatic heterocycles. The minimum atomic E-state index is -0.337. The number of halogens is 2. The van der Waals surface area contributed by atoms with Crippen LogP contribution >= 0.6 is 23.2 Å². The lowest BCUT2D eigenvalue weighted by molar-refractivity contribution is 0.102. The molecule has 2 rings (SSSR count). The molecule has 22 heavy (non-hydrogen) atoms. The van der Waals surface area contributed by atoms with Gasteiger partial charge in [-0.15, -0.1) is 0 Å². The summed E-state index contributed by atoms with van der Waals surface area (Å²) in [6.07, 6.45) is 0. The monoisotopic (exact) mass is 338 g/mol. The Morgan fingerprint density at radius 2 is 1.86 bits per heavy atom. The standard InChI is InChI=1S/C15H16Cl2N4O/c1-8(2)18-15-19-9(3)6-13(21-15)14(22)20-10-4-5-11(16)12(17)7-10/h4-8H,1-3H3,(H,20,22)(H,18,19,21). The number of aromatic nitrogens is 2. The van der Waals surface area contributed by atoms with E-state index in [9.17, 15) is 4.79 Å². The lowest BCUT2D eigenvalue weighted by Gasteiger charge is -2.11. The molecular formula is C15H16Cl2N4O. The Morgan fingerprint density at radius 3 is 2.50 bits per heavy atom. The predicted octanol–water partition coefficient (Wildman–Crippen LogP) is 4.16. The van der Waals surface area contributed by atoms with Crippen molar-refractivity contribution in [1.82, 2.24) is 9.97 Å². The van der Waals surface area contributed by atoms with Gasteiger partial charge in [-0.05, 0) is 45.0 Å². The summed E-state index contributed by atoms with van der Waals surface area (Å²) >= 11 is 11.8. The Morgan fingerprint density at radius 1 is 1.14 bits per heavy atom. The molecule has 0 bridgehead atoms. The van der Waals surface area contributed by atoms with Crippen LogP contribution in [0.1, 0.15) is 30.0 Å². The molecule has 5 nitrogen and oxygen atoms in total. The Bertz CT molecular complexity index is 704. The molecule has 1 aromatic heterocycles. The highest BCUT2D eigenvalue weighted by molar-refractivity contribution is 6.42. The van der Waals surface area contributed by atoms with Gasteiger partial charge in [0.2, 0.25) is 5.95 Å². The summed E-state index contributed by atoms with van der Waals surface area (Å²) in [5, 5.41) is 6.62. The summed E-state index contributed by atoms with van der Waals surface area (Å²) in [6, 6.07) is 6.68. The average molecular weight is 339 g/mol. The van der Waals surface area contributed by atoms with Gasteiger partial charge < -0.3 is 10.6 Å². The zero-order chi connectivity index (χ0) is 16.3. The third-order valence-electron chi connectivity index (χ3n) is 2.68. The summed E-state index contributed by atoms with van der Waals surface area (Å²) in [4.78, 5) is 20.8. The van der Waals surface area contributed by atoms with Crippen molar-refractivity contribution in [1.29, 1.82) is 0 Å². The molecule has 0 saturated heterocycles. The Labute approximate surface area is 139 Å². The predicted molar refractivity (Wildman–Crippen MR) is 89.9 cm³/mol. The molecule has 0 fully saturated rings. The van der Waals surface area contributed by atoms with E-state index in [0.717, 1.165) is 0 Å². The van der Waals surface area contributed by atoms with Crippen molar-refractivity contribution < 1.29 is 4.79 Å². The van der Waals surface area contributed by atoms with E-state index in [1.165, 1.54) is 0 Å². The van der Waals surface area contributed by atoms with Crippen molar-refractivity contribution in [3.8, 4) is 0 Å². The number of anilines is 2. The fourth-order valence-corrected chi connectivity index (χ4v) is 2.07. The number of aryl methyl sites for hydroxylation is 1. The van der Waals surface area contributed by atoms with Crippen LogP contribution in [0.3, 0.4) is 0 Å². The van der Waals surface area contributed by atoms with Gasteiger partial charge in [-0.1, -0.05) is 23.2 Å². The zero-order valence-electron chi connectivity index (χ0n) is 12.4. The maximum absolute atomic E-state index is 12.3. The van der Waals surface area contributed by atoms with Crippen LogP contribution in [-0.4, -0.2) is 21.9 Å². The minimum absolute atomic E-state index is 0.174. The van der Waals surface area contributed by atoms with E-state index in [0.29, 0.717) is 27.4 Å². The number of amides is 1. The SMILES string of the molecule is Cc1cc(C(=O)Nc2ccc(Cl)c(Cl)c2)nc(NC(C)C)n1. The number of carbonyl (C=O) groups is 1. The van der Waals surface area contributed by atoms with E-state index in [-0.39, 0.29) is 17.6 Å². The van der Waals surface area contributed by atoms with Gasteiger partial charge in [0.1, 0.15) is 5.69 Å². The van der Waals surface area contributed by atoms with Crippen molar-refractivity contribution in [3.63, 3.8) is 0 Å². The van der Waals surface area contributed by atoms with Crippen molar-refractivity contribution in [2.45, 2.75) is 26.8 Å². The van der Waals surface area contributed by atoms with Crippen LogP contribution in [-0.2, 0) is 0 Å². The molecule has 0 saturated carbocycles. The topological polar surface area (TPSA) is 66.9 Å². The van der Waals surface area contributed by atoms with E-state index in [4.69, 9.17) is 23.2 Å². The van der Waals surface area contributed by atoms with Gasteiger partial charge in [0, 0.05) is 17.4 Å². The van der Waals surface area contributed by atoms with Gasteiger partial charge in [0.05, 0.1) is 10.0 Å². The smallest absolute Gasteiger partial charge is 0.274 e. The molecule has 0 spiro atoms. The third kappa shape index (κ3) is 4.32. The Balaban J connectivity index is 2.21. The molecular weight excluding hydrogens is 323 g/mol. The van der Waals surface area contributed by atoms with Crippen molar-refractivity contribution in [2.75, 3.05) is 10.6 Å². The second-order valence-corrected chi connectivity index (χ2v) is 5.91. The molecule has 0 unspecified atom stereocenters. The normalized spacial score (nSPS) is 10.6. The Hall–Kier alpha value is -1.85. The summed E-state index contributed by atoms with van der Waals surface area (Å²) < 4.78 is 0. The van der Waals surface area contributed by atoms with Gasteiger partial charge in [0.15, 0.2) is 0 Å². The van der Waals surface area contributed by atoms with E-state index in [1.54, 1.807) is 24.3 Å². The zero-order valence-corrected chi connectivity index (χ0v) is 14.0. The molecule has 0 radical (unpaired) electrons. The molecule has 2 N–H and O–H groups in total. The van der Waals surface area contributed by atoms with Gasteiger partial charge in [-0.3, -0.25) is 4.79 Å². The second kappa shape index (κ2) is 6.94. The number of nitrogens with one attached hydrogen (secondary N) is 2. The number of rotatable bonds is 4. The molecule has 1 amide bonds. The summed E-state index contributed by atoms with van der Waals surface area (Å²) in [7, 11) is 0. The number of benzene rings is 1. The highest BCUT2D eigenvalue weighted by Crippen LogP contribution is 2.25. The van der Waals surface area contributed by atoms with Crippen LogP contribution in [0.5, 0.6) is 0 Å². The third-order valence-corrected chi connectivity index (χ3v) is 3.42. The second-order valence-electron chi connectivity index (χ2n) is 5.10.